The quantitative estimate of drug-likeness (QED) is 0.577. The summed E-state index contributed by atoms with van der Waals surface area (Å²) < 4.78 is 2.03. The largest absolute Gasteiger partial charge is 0.302 e. The lowest BCUT2D eigenvalue weighted by Gasteiger charge is -2.09. The molecule has 3 rings (SSSR count). The van der Waals surface area contributed by atoms with Crippen LogP contribution in [0.4, 0.5) is 5.13 Å². The molecule has 0 aliphatic heterocycles. The summed E-state index contributed by atoms with van der Waals surface area (Å²) in [7, 11) is 0. The van der Waals surface area contributed by atoms with Crippen LogP contribution in [0, 0.1) is 6.92 Å². The lowest BCUT2D eigenvalue weighted by atomic mass is 10.1. The highest BCUT2D eigenvalue weighted by atomic mass is 32.2. The Bertz CT molecular complexity index is 920. The van der Waals surface area contributed by atoms with Gasteiger partial charge in [0.15, 0.2) is 11.0 Å². The summed E-state index contributed by atoms with van der Waals surface area (Å²) in [5.74, 6) is 0.948. The number of anilines is 1. The third kappa shape index (κ3) is 4.72. The molecule has 7 nitrogen and oxygen atoms in total. The molecule has 0 saturated heterocycles. The van der Waals surface area contributed by atoms with Gasteiger partial charge in [0.25, 0.3) is 0 Å². The van der Waals surface area contributed by atoms with Crippen LogP contribution in [0.5, 0.6) is 0 Å². The van der Waals surface area contributed by atoms with Crippen molar-refractivity contribution in [3.63, 3.8) is 0 Å². The molecule has 0 radical (unpaired) electrons. The second-order valence-electron chi connectivity index (χ2n) is 5.95. The molecular weight excluding hydrogens is 380 g/mol. The zero-order valence-corrected chi connectivity index (χ0v) is 17.2. The van der Waals surface area contributed by atoms with Crippen molar-refractivity contribution < 1.29 is 4.79 Å². The van der Waals surface area contributed by atoms with Gasteiger partial charge >= 0.3 is 0 Å². The van der Waals surface area contributed by atoms with Crippen molar-refractivity contribution in [1.82, 2.24) is 25.0 Å². The van der Waals surface area contributed by atoms with Gasteiger partial charge in [0.05, 0.1) is 5.75 Å². The molecule has 0 atom stereocenters. The molecule has 0 aliphatic rings. The van der Waals surface area contributed by atoms with Gasteiger partial charge in [0.2, 0.25) is 11.0 Å². The van der Waals surface area contributed by atoms with Gasteiger partial charge in [-0.3, -0.25) is 10.1 Å². The van der Waals surface area contributed by atoms with Crippen LogP contribution in [0.1, 0.15) is 30.8 Å². The molecule has 0 saturated carbocycles. The van der Waals surface area contributed by atoms with Crippen LogP contribution in [0.15, 0.2) is 29.4 Å². The van der Waals surface area contributed by atoms with Crippen LogP contribution in [0.3, 0.4) is 0 Å². The maximum atomic E-state index is 12.2. The maximum Gasteiger partial charge on any atom is 0.236 e. The number of hydrogen-bond donors (Lipinski definition) is 1. The number of nitrogens with one attached hydrogen (secondary N) is 1. The zero-order valence-electron chi connectivity index (χ0n) is 15.6. The molecule has 142 valence electrons. The average molecular weight is 403 g/mol. The number of thioether (sulfide) groups is 1. The number of hydrogen-bond acceptors (Lipinski definition) is 7. The van der Waals surface area contributed by atoms with Gasteiger partial charge in [0.1, 0.15) is 5.01 Å². The molecule has 2 heterocycles. The maximum absolute atomic E-state index is 12.2. The fourth-order valence-electron chi connectivity index (χ4n) is 2.61. The molecular formula is C18H22N6OS2. The van der Waals surface area contributed by atoms with Crippen molar-refractivity contribution in [2.24, 2.45) is 0 Å². The molecule has 0 unspecified atom stereocenters. The van der Waals surface area contributed by atoms with E-state index in [0.717, 1.165) is 46.5 Å². The van der Waals surface area contributed by atoms with Crippen molar-refractivity contribution in [1.29, 1.82) is 0 Å². The van der Waals surface area contributed by atoms with Gasteiger partial charge < -0.3 is 4.57 Å². The highest BCUT2D eigenvalue weighted by molar-refractivity contribution is 7.99. The average Bonchev–Trinajstić information content (AvgIpc) is 3.27. The molecule has 27 heavy (non-hydrogen) atoms. The predicted octanol–water partition coefficient (Wildman–Crippen LogP) is 3.81. The summed E-state index contributed by atoms with van der Waals surface area (Å²) in [4.78, 5) is 12.2. The van der Waals surface area contributed by atoms with Crippen LogP contribution in [0.25, 0.3) is 11.4 Å². The fourth-order valence-corrected chi connectivity index (χ4v) is 4.27. The van der Waals surface area contributed by atoms with Crippen LogP contribution in [-0.4, -0.2) is 36.6 Å². The summed E-state index contributed by atoms with van der Waals surface area (Å²) in [5, 5.41) is 21.7. The number of amides is 1. The van der Waals surface area contributed by atoms with Gasteiger partial charge in [-0.25, -0.2) is 0 Å². The Balaban J connectivity index is 1.65. The molecule has 2 aromatic heterocycles. The minimum Gasteiger partial charge on any atom is -0.302 e. The Morgan fingerprint density at radius 2 is 2.00 bits per heavy atom. The highest BCUT2D eigenvalue weighted by Gasteiger charge is 2.16. The van der Waals surface area contributed by atoms with E-state index in [1.54, 1.807) is 0 Å². The van der Waals surface area contributed by atoms with Gasteiger partial charge in [-0.15, -0.1) is 20.4 Å². The zero-order chi connectivity index (χ0) is 19.2. The van der Waals surface area contributed by atoms with E-state index in [1.807, 2.05) is 29.7 Å². The second kappa shape index (κ2) is 9.09. The van der Waals surface area contributed by atoms with Crippen molar-refractivity contribution in [2.75, 3.05) is 11.1 Å². The van der Waals surface area contributed by atoms with Crippen molar-refractivity contribution in [3.8, 4) is 11.4 Å². The highest BCUT2D eigenvalue weighted by Crippen LogP contribution is 2.26. The summed E-state index contributed by atoms with van der Waals surface area (Å²) in [5.41, 5.74) is 2.20. The SMILES string of the molecule is CCCc1nnc(NC(=O)CSc2nnc(-c3ccccc3C)n2CC)s1. The van der Waals surface area contributed by atoms with E-state index >= 15 is 0 Å². The third-order valence-electron chi connectivity index (χ3n) is 3.93. The Morgan fingerprint density at radius 3 is 2.74 bits per heavy atom. The van der Waals surface area contributed by atoms with E-state index in [4.69, 9.17) is 0 Å². The number of aromatic nitrogens is 5. The van der Waals surface area contributed by atoms with E-state index in [1.165, 1.54) is 23.1 Å². The Labute approximate surface area is 166 Å². The first-order valence-corrected chi connectivity index (χ1v) is 10.7. The van der Waals surface area contributed by atoms with Gasteiger partial charge in [-0.05, 0) is 25.8 Å². The topological polar surface area (TPSA) is 85.6 Å². The number of carbonyl (C=O) groups is 1. The van der Waals surface area contributed by atoms with Crippen LogP contribution in [0.2, 0.25) is 0 Å². The fraction of sp³-hybridized carbons (Fsp3) is 0.389. The van der Waals surface area contributed by atoms with Crippen LogP contribution in [-0.2, 0) is 17.8 Å². The first-order valence-electron chi connectivity index (χ1n) is 8.86. The van der Waals surface area contributed by atoms with Crippen molar-refractivity contribution >= 4 is 34.1 Å². The summed E-state index contributed by atoms with van der Waals surface area (Å²) in [6, 6.07) is 8.09. The molecule has 1 N–H and O–H groups in total. The Morgan fingerprint density at radius 1 is 1.19 bits per heavy atom. The van der Waals surface area contributed by atoms with Gasteiger partial charge in [0, 0.05) is 18.5 Å². The van der Waals surface area contributed by atoms with Gasteiger partial charge in [-0.1, -0.05) is 54.3 Å². The minimum absolute atomic E-state index is 0.123. The molecule has 1 amide bonds. The third-order valence-corrected chi connectivity index (χ3v) is 5.79. The van der Waals surface area contributed by atoms with Crippen molar-refractivity contribution in [2.45, 2.75) is 45.3 Å². The second-order valence-corrected chi connectivity index (χ2v) is 7.96. The van der Waals surface area contributed by atoms with Gasteiger partial charge in [-0.2, -0.15) is 0 Å². The summed E-state index contributed by atoms with van der Waals surface area (Å²) in [6.07, 6.45) is 1.89. The van der Waals surface area contributed by atoms with Crippen molar-refractivity contribution in [3.05, 3.63) is 34.8 Å². The minimum atomic E-state index is -0.123. The van der Waals surface area contributed by atoms with Crippen LogP contribution < -0.4 is 5.32 Å². The Kier molecular flexibility index (Phi) is 6.57. The molecule has 3 aromatic rings. The molecule has 1 aromatic carbocycles. The summed E-state index contributed by atoms with van der Waals surface area (Å²) >= 11 is 2.79. The Hall–Kier alpha value is -2.26. The van der Waals surface area contributed by atoms with E-state index in [0.29, 0.717) is 5.13 Å². The monoisotopic (exact) mass is 402 g/mol. The van der Waals surface area contributed by atoms with E-state index in [-0.39, 0.29) is 11.7 Å². The number of rotatable bonds is 8. The van der Waals surface area contributed by atoms with Crippen LogP contribution >= 0.6 is 23.1 Å². The molecule has 9 heteroatoms. The number of benzene rings is 1. The normalized spacial score (nSPS) is 10.9. The molecule has 0 spiro atoms. The first-order chi connectivity index (χ1) is 13.1. The molecule has 0 aliphatic carbocycles. The van der Waals surface area contributed by atoms with E-state index < -0.39 is 0 Å². The number of carbonyl (C=O) groups excluding carboxylic acids is 1. The lowest BCUT2D eigenvalue weighted by Crippen LogP contribution is -2.14. The smallest absolute Gasteiger partial charge is 0.236 e. The first kappa shape index (κ1) is 19.5. The number of nitrogens with zero attached hydrogens (tertiary/aromatic N) is 5. The summed E-state index contributed by atoms with van der Waals surface area (Å²) in [6.45, 7) is 6.92. The molecule has 0 bridgehead atoms. The standard InChI is InChI=1S/C18H22N6OS2/c1-4-8-15-20-22-17(27-15)19-14(25)11-26-18-23-21-16(24(18)5-2)13-10-7-6-9-12(13)3/h6-7,9-10H,4-5,8,11H2,1-3H3,(H,19,22,25). The van der Waals surface area contributed by atoms with E-state index in [2.05, 4.69) is 45.6 Å². The predicted molar refractivity (Wildman–Crippen MR) is 109 cm³/mol. The molecule has 0 fully saturated rings. The van der Waals surface area contributed by atoms with E-state index in [9.17, 15) is 4.79 Å². The lowest BCUT2D eigenvalue weighted by molar-refractivity contribution is -0.113. The number of aryl methyl sites for hydroxylation is 2.